The van der Waals surface area contributed by atoms with Crippen LogP contribution in [0, 0.1) is 0 Å². The topological polar surface area (TPSA) is 56.0 Å². The molecule has 0 bridgehead atoms. The second-order valence-corrected chi connectivity index (χ2v) is 9.60. The average Bonchev–Trinajstić information content (AvgIpc) is 3.49. The summed E-state index contributed by atoms with van der Waals surface area (Å²) >= 11 is 0. The highest BCUT2D eigenvalue weighted by atomic mass is 16.3. The molecule has 0 spiro atoms. The molecule has 0 saturated heterocycles. The van der Waals surface area contributed by atoms with Gasteiger partial charge in [-0.1, -0.05) is 72.8 Å². The third-order valence-corrected chi connectivity index (χ3v) is 7.69. The predicted molar refractivity (Wildman–Crippen MR) is 140 cm³/mol. The SMILES string of the molecule is [O-]C1C(c2cn(-c3ccccc3)c3ccccc23)C([O-])C1c1cn(-c2ccccc2)c2ccccc12. The first-order valence-electron chi connectivity index (χ1n) is 12.3. The van der Waals surface area contributed by atoms with Crippen LogP contribution in [0.2, 0.25) is 0 Å². The van der Waals surface area contributed by atoms with Crippen molar-refractivity contribution in [3.05, 3.63) is 133 Å². The molecular weight excluding hydrogens is 444 g/mol. The Kier molecular flexibility index (Phi) is 4.84. The molecule has 1 aliphatic carbocycles. The fourth-order valence-corrected chi connectivity index (χ4v) is 5.93. The molecule has 6 aromatic rings. The van der Waals surface area contributed by atoms with E-state index in [9.17, 15) is 10.2 Å². The highest BCUT2D eigenvalue weighted by Crippen LogP contribution is 2.49. The summed E-state index contributed by atoms with van der Waals surface area (Å²) < 4.78 is 4.19. The zero-order chi connectivity index (χ0) is 24.2. The van der Waals surface area contributed by atoms with E-state index in [1.54, 1.807) is 0 Å². The second-order valence-electron chi connectivity index (χ2n) is 9.60. The van der Waals surface area contributed by atoms with Gasteiger partial charge in [0.25, 0.3) is 0 Å². The van der Waals surface area contributed by atoms with Crippen LogP contribution in [0.25, 0.3) is 33.2 Å². The minimum Gasteiger partial charge on any atom is -0.851 e. The van der Waals surface area contributed by atoms with Crippen LogP contribution in [0.1, 0.15) is 23.0 Å². The van der Waals surface area contributed by atoms with Gasteiger partial charge >= 0.3 is 0 Å². The first kappa shape index (κ1) is 21.2. The van der Waals surface area contributed by atoms with Crippen LogP contribution >= 0.6 is 0 Å². The molecule has 2 heterocycles. The van der Waals surface area contributed by atoms with Crippen LogP contribution in [0.15, 0.2) is 122 Å². The van der Waals surface area contributed by atoms with Gasteiger partial charge in [-0.25, -0.2) is 0 Å². The average molecular weight is 469 g/mol. The number of hydrogen-bond donors (Lipinski definition) is 0. The summed E-state index contributed by atoms with van der Waals surface area (Å²) in [6.07, 6.45) is 2.00. The minimum atomic E-state index is -1.00. The molecule has 1 saturated carbocycles. The van der Waals surface area contributed by atoms with Gasteiger partial charge in [-0.3, -0.25) is 0 Å². The molecule has 1 fully saturated rings. The quantitative estimate of drug-likeness (QED) is 0.369. The van der Waals surface area contributed by atoms with Crippen LogP contribution in [-0.2, 0) is 0 Å². The third-order valence-electron chi connectivity index (χ3n) is 7.69. The molecule has 4 heteroatoms. The Bertz CT molecular complexity index is 1550. The molecule has 0 amide bonds. The molecule has 0 N–H and O–H groups in total. The molecule has 2 aromatic heterocycles. The summed E-state index contributed by atoms with van der Waals surface area (Å²) in [5, 5.41) is 29.6. The number of benzene rings is 4. The fourth-order valence-electron chi connectivity index (χ4n) is 5.93. The summed E-state index contributed by atoms with van der Waals surface area (Å²) in [4.78, 5) is 0. The van der Waals surface area contributed by atoms with E-state index in [-0.39, 0.29) is 0 Å². The van der Waals surface area contributed by atoms with Crippen molar-refractivity contribution in [2.75, 3.05) is 0 Å². The number of rotatable bonds is 4. The molecule has 1 aliphatic rings. The van der Waals surface area contributed by atoms with Crippen LogP contribution < -0.4 is 10.2 Å². The Morgan fingerprint density at radius 2 is 0.806 bits per heavy atom. The lowest BCUT2D eigenvalue weighted by Crippen LogP contribution is -2.63. The Balaban J connectivity index is 1.31. The second kappa shape index (κ2) is 8.23. The number of fused-ring (bicyclic) bond motifs is 2. The summed E-state index contributed by atoms with van der Waals surface area (Å²) in [6.45, 7) is 0. The van der Waals surface area contributed by atoms with E-state index in [1.165, 1.54) is 0 Å². The first-order valence-corrected chi connectivity index (χ1v) is 12.3. The highest BCUT2D eigenvalue weighted by Gasteiger charge is 2.41. The van der Waals surface area contributed by atoms with E-state index < -0.39 is 24.0 Å². The summed E-state index contributed by atoms with van der Waals surface area (Å²) in [7, 11) is 0. The Hall–Kier alpha value is -4.12. The minimum absolute atomic E-state index is 0.580. The molecule has 0 unspecified atom stereocenters. The number of nitrogens with zero attached hydrogens (tertiary/aromatic N) is 2. The zero-order valence-electron chi connectivity index (χ0n) is 19.6. The van der Waals surface area contributed by atoms with Crippen LogP contribution in [0.5, 0.6) is 0 Å². The van der Waals surface area contributed by atoms with E-state index in [2.05, 4.69) is 21.3 Å². The summed E-state index contributed by atoms with van der Waals surface area (Å²) in [5.41, 5.74) is 5.79. The summed E-state index contributed by atoms with van der Waals surface area (Å²) in [6, 6.07) is 36.2. The van der Waals surface area contributed by atoms with Crippen molar-refractivity contribution in [3.63, 3.8) is 0 Å². The largest absolute Gasteiger partial charge is 0.851 e. The van der Waals surface area contributed by atoms with Crippen molar-refractivity contribution in [3.8, 4) is 11.4 Å². The standard InChI is InChI=1S/C32H24N2O2/c35-31-29(25-19-33(21-11-3-1-4-12-21)27-17-9-7-15-23(25)27)32(36)30(31)26-20-34(22-13-5-2-6-14-22)28-18-10-8-16-24(26)28/h1-20,29-32H/q-2. The van der Waals surface area contributed by atoms with Gasteiger partial charge in [-0.15, -0.1) is 12.2 Å². The molecule has 176 valence electrons. The van der Waals surface area contributed by atoms with Crippen LogP contribution in [-0.4, -0.2) is 21.3 Å². The Morgan fingerprint density at radius 3 is 1.22 bits per heavy atom. The lowest BCUT2D eigenvalue weighted by atomic mass is 9.63. The third kappa shape index (κ3) is 3.08. The Labute approximate surface area is 209 Å². The molecule has 36 heavy (non-hydrogen) atoms. The van der Waals surface area contributed by atoms with Crippen LogP contribution in [0.4, 0.5) is 0 Å². The van der Waals surface area contributed by atoms with Crippen molar-refractivity contribution >= 4 is 21.8 Å². The van der Waals surface area contributed by atoms with E-state index in [0.717, 1.165) is 44.3 Å². The maximum Gasteiger partial charge on any atom is 0.0531 e. The van der Waals surface area contributed by atoms with Gasteiger partial charge in [0.05, 0.1) is 11.0 Å². The van der Waals surface area contributed by atoms with E-state index in [4.69, 9.17) is 0 Å². The Morgan fingerprint density at radius 1 is 0.444 bits per heavy atom. The number of aromatic nitrogens is 2. The molecule has 0 aliphatic heterocycles. The number of hydrogen-bond acceptors (Lipinski definition) is 2. The maximum absolute atomic E-state index is 13.8. The van der Waals surface area contributed by atoms with Crippen molar-refractivity contribution in [2.45, 2.75) is 24.0 Å². The molecule has 7 rings (SSSR count). The van der Waals surface area contributed by atoms with Gasteiger partial charge in [0, 0.05) is 34.5 Å². The van der Waals surface area contributed by atoms with Gasteiger partial charge in [-0.05, 0) is 59.4 Å². The first-order chi connectivity index (χ1) is 17.7. The van der Waals surface area contributed by atoms with Crippen molar-refractivity contribution in [2.24, 2.45) is 0 Å². The normalized spacial score (nSPS) is 21.6. The number of para-hydroxylation sites is 4. The van der Waals surface area contributed by atoms with E-state index in [0.29, 0.717) is 0 Å². The van der Waals surface area contributed by atoms with Crippen LogP contribution in [0.3, 0.4) is 0 Å². The molecule has 4 nitrogen and oxygen atoms in total. The molecular formula is C32H24N2O2-2. The van der Waals surface area contributed by atoms with Gasteiger partial charge < -0.3 is 19.3 Å². The fraction of sp³-hybridized carbons (Fsp3) is 0.125. The van der Waals surface area contributed by atoms with Gasteiger partial charge in [0.1, 0.15) is 0 Å². The van der Waals surface area contributed by atoms with Crippen molar-refractivity contribution in [1.82, 2.24) is 9.13 Å². The molecule has 4 aromatic carbocycles. The lowest BCUT2D eigenvalue weighted by Gasteiger charge is -2.61. The molecule has 0 radical (unpaired) electrons. The summed E-state index contributed by atoms with van der Waals surface area (Å²) in [5.74, 6) is -1.16. The van der Waals surface area contributed by atoms with Gasteiger partial charge in [0.15, 0.2) is 0 Å². The van der Waals surface area contributed by atoms with E-state index in [1.807, 2.05) is 109 Å². The zero-order valence-corrected chi connectivity index (χ0v) is 19.6. The van der Waals surface area contributed by atoms with Gasteiger partial charge in [-0.2, -0.15) is 0 Å². The van der Waals surface area contributed by atoms with Gasteiger partial charge in [0.2, 0.25) is 0 Å². The highest BCUT2D eigenvalue weighted by molar-refractivity contribution is 5.88. The van der Waals surface area contributed by atoms with E-state index >= 15 is 0 Å². The maximum atomic E-state index is 13.8. The van der Waals surface area contributed by atoms with Crippen molar-refractivity contribution < 1.29 is 10.2 Å². The monoisotopic (exact) mass is 468 g/mol. The predicted octanol–water partition coefficient (Wildman–Crippen LogP) is 4.91. The molecule has 0 atom stereocenters. The smallest absolute Gasteiger partial charge is 0.0531 e. The van der Waals surface area contributed by atoms with Crippen molar-refractivity contribution in [1.29, 1.82) is 0 Å². The lowest BCUT2D eigenvalue weighted by molar-refractivity contribution is -0.535.